The Morgan fingerprint density at radius 1 is 1.43 bits per heavy atom. The van der Waals surface area contributed by atoms with E-state index in [-0.39, 0.29) is 0 Å². The molecule has 1 aliphatic rings. The standard InChI is InChI=1S/C10H15N3S/c1-8-7-14-10(12-8)13-9-5-3-2-4-6-11-9/h7H,2-6H2,1H3,(H,11,12,13)/p+1. The first-order chi connectivity index (χ1) is 6.84. The third-order valence-electron chi connectivity index (χ3n) is 2.32. The van der Waals surface area contributed by atoms with Gasteiger partial charge in [0.15, 0.2) is 0 Å². The highest BCUT2D eigenvalue weighted by Gasteiger charge is 2.12. The van der Waals surface area contributed by atoms with Crippen molar-refractivity contribution in [3.63, 3.8) is 0 Å². The highest BCUT2D eigenvalue weighted by Crippen LogP contribution is 2.14. The molecule has 2 N–H and O–H groups in total. The molecular weight excluding hydrogens is 194 g/mol. The van der Waals surface area contributed by atoms with E-state index in [2.05, 4.69) is 20.7 Å². The van der Waals surface area contributed by atoms with Crippen LogP contribution < -0.4 is 10.3 Å². The van der Waals surface area contributed by atoms with Crippen molar-refractivity contribution in [3.8, 4) is 0 Å². The molecule has 2 rings (SSSR count). The van der Waals surface area contributed by atoms with Crippen LogP contribution in [0, 0.1) is 6.92 Å². The lowest BCUT2D eigenvalue weighted by atomic mass is 10.2. The van der Waals surface area contributed by atoms with E-state index >= 15 is 0 Å². The Balaban J connectivity index is 1.99. The number of hydrogen-bond acceptors (Lipinski definition) is 3. The molecule has 0 unspecified atom stereocenters. The summed E-state index contributed by atoms with van der Waals surface area (Å²) in [5, 5.41) is 6.43. The molecule has 4 heteroatoms. The van der Waals surface area contributed by atoms with Crippen LogP contribution in [0.15, 0.2) is 5.38 Å². The lowest BCUT2D eigenvalue weighted by Gasteiger charge is -1.95. The minimum atomic E-state index is 1.01. The largest absolute Gasteiger partial charge is 0.278 e. The van der Waals surface area contributed by atoms with Gasteiger partial charge < -0.3 is 0 Å². The van der Waals surface area contributed by atoms with E-state index in [0.29, 0.717) is 0 Å². The summed E-state index contributed by atoms with van der Waals surface area (Å²) >= 11 is 1.67. The normalized spacial score (nSPS) is 17.4. The number of hydrogen-bond donors (Lipinski definition) is 2. The van der Waals surface area contributed by atoms with E-state index in [1.165, 1.54) is 25.1 Å². The summed E-state index contributed by atoms with van der Waals surface area (Å²) in [5.74, 6) is 1.23. The van der Waals surface area contributed by atoms with Crippen LogP contribution in [0.25, 0.3) is 0 Å². The molecule has 0 aliphatic carbocycles. The lowest BCUT2D eigenvalue weighted by Crippen LogP contribution is -2.74. The topological polar surface area (TPSA) is 38.9 Å². The number of anilines is 1. The van der Waals surface area contributed by atoms with Gasteiger partial charge in [0.25, 0.3) is 5.13 Å². The number of nitrogens with one attached hydrogen (secondary N) is 2. The van der Waals surface area contributed by atoms with E-state index in [0.717, 1.165) is 23.8 Å². The molecule has 0 atom stereocenters. The van der Waals surface area contributed by atoms with Crippen molar-refractivity contribution in [1.29, 1.82) is 0 Å². The second-order valence-electron chi connectivity index (χ2n) is 3.64. The Morgan fingerprint density at radius 2 is 2.36 bits per heavy atom. The zero-order chi connectivity index (χ0) is 9.80. The molecule has 0 saturated heterocycles. The van der Waals surface area contributed by atoms with Crippen LogP contribution in [0.3, 0.4) is 0 Å². The van der Waals surface area contributed by atoms with Crippen LogP contribution in [-0.4, -0.2) is 17.4 Å². The smallest absolute Gasteiger partial charge is 0.276 e. The molecule has 0 aromatic carbocycles. The molecule has 76 valence electrons. The molecule has 3 nitrogen and oxygen atoms in total. The average molecular weight is 210 g/mol. The van der Waals surface area contributed by atoms with Gasteiger partial charge in [-0.3, -0.25) is 4.99 Å². The first kappa shape index (κ1) is 9.65. The predicted molar refractivity (Wildman–Crippen MR) is 59.8 cm³/mol. The third-order valence-corrected chi connectivity index (χ3v) is 3.19. The summed E-state index contributed by atoms with van der Waals surface area (Å²) in [7, 11) is 0. The number of amidine groups is 1. The maximum absolute atomic E-state index is 4.38. The summed E-state index contributed by atoms with van der Waals surface area (Å²) in [5.41, 5.74) is 1.09. The number of rotatable bonds is 1. The third kappa shape index (κ3) is 2.54. The van der Waals surface area contributed by atoms with Crippen LogP contribution >= 0.6 is 11.3 Å². The van der Waals surface area contributed by atoms with Gasteiger partial charge in [0.2, 0.25) is 5.84 Å². The maximum atomic E-state index is 4.38. The van der Waals surface area contributed by atoms with Crippen molar-refractivity contribution in [2.45, 2.75) is 32.6 Å². The van der Waals surface area contributed by atoms with Gasteiger partial charge in [-0.2, -0.15) is 0 Å². The summed E-state index contributed by atoms with van der Waals surface area (Å²) in [6.07, 6.45) is 5.01. The summed E-state index contributed by atoms with van der Waals surface area (Å²) in [6, 6.07) is 0. The monoisotopic (exact) mass is 210 g/mol. The Bertz CT molecular complexity index is 330. The molecule has 0 amide bonds. The van der Waals surface area contributed by atoms with Crippen molar-refractivity contribution in [1.82, 2.24) is 4.98 Å². The van der Waals surface area contributed by atoms with Crippen LogP contribution in [0.5, 0.6) is 0 Å². The Labute approximate surface area is 88.3 Å². The van der Waals surface area contributed by atoms with E-state index in [9.17, 15) is 0 Å². The minimum absolute atomic E-state index is 1.01. The SMILES string of the molecule is Cc1csc(NC2=[NH+]CCCCC2)n1. The van der Waals surface area contributed by atoms with Crippen molar-refractivity contribution < 1.29 is 4.99 Å². The van der Waals surface area contributed by atoms with Gasteiger partial charge in [0.05, 0.1) is 12.2 Å². The minimum Gasteiger partial charge on any atom is -0.278 e. The quantitative estimate of drug-likeness (QED) is 0.723. The van der Waals surface area contributed by atoms with Crippen LogP contribution in [0.4, 0.5) is 5.13 Å². The van der Waals surface area contributed by atoms with E-state index in [1.807, 2.05) is 6.92 Å². The van der Waals surface area contributed by atoms with Gasteiger partial charge in [-0.15, -0.1) is 0 Å². The molecule has 0 saturated carbocycles. The Morgan fingerprint density at radius 3 is 3.14 bits per heavy atom. The van der Waals surface area contributed by atoms with Gasteiger partial charge in [0.1, 0.15) is 0 Å². The first-order valence-electron chi connectivity index (χ1n) is 5.13. The summed E-state index contributed by atoms with van der Waals surface area (Å²) in [6.45, 7) is 3.11. The summed E-state index contributed by atoms with van der Waals surface area (Å²) in [4.78, 5) is 7.79. The zero-order valence-corrected chi connectivity index (χ0v) is 9.28. The predicted octanol–water partition coefficient (Wildman–Crippen LogP) is 0.917. The molecule has 0 spiro atoms. The molecule has 0 bridgehead atoms. The Kier molecular flexibility index (Phi) is 3.14. The van der Waals surface area contributed by atoms with E-state index in [4.69, 9.17) is 0 Å². The molecule has 14 heavy (non-hydrogen) atoms. The zero-order valence-electron chi connectivity index (χ0n) is 8.47. The highest BCUT2D eigenvalue weighted by molar-refractivity contribution is 7.13. The lowest BCUT2D eigenvalue weighted by molar-refractivity contribution is -0.457. The summed E-state index contributed by atoms with van der Waals surface area (Å²) < 4.78 is 0. The molecule has 0 radical (unpaired) electrons. The van der Waals surface area contributed by atoms with Gasteiger partial charge in [-0.1, -0.05) is 11.3 Å². The number of aryl methyl sites for hydroxylation is 1. The molecule has 1 aromatic heterocycles. The fourth-order valence-corrected chi connectivity index (χ4v) is 2.29. The molecular formula is C10H16N3S+. The molecule has 0 fully saturated rings. The van der Waals surface area contributed by atoms with Gasteiger partial charge in [-0.05, 0) is 26.2 Å². The molecule has 1 aliphatic heterocycles. The number of nitrogens with zero attached hydrogens (tertiary/aromatic N) is 1. The first-order valence-corrected chi connectivity index (χ1v) is 6.01. The van der Waals surface area contributed by atoms with Gasteiger partial charge in [-0.25, -0.2) is 10.3 Å². The van der Waals surface area contributed by atoms with E-state index in [1.54, 1.807) is 11.3 Å². The number of aromatic nitrogens is 1. The fourth-order valence-electron chi connectivity index (χ4n) is 1.58. The fraction of sp³-hybridized carbons (Fsp3) is 0.600. The van der Waals surface area contributed by atoms with Crippen molar-refractivity contribution in [2.75, 3.05) is 11.9 Å². The Hall–Kier alpha value is -0.900. The maximum Gasteiger partial charge on any atom is 0.276 e. The van der Waals surface area contributed by atoms with Crippen LogP contribution in [0.1, 0.15) is 31.4 Å². The van der Waals surface area contributed by atoms with Crippen molar-refractivity contribution >= 4 is 22.3 Å². The van der Waals surface area contributed by atoms with Crippen LogP contribution in [-0.2, 0) is 0 Å². The highest BCUT2D eigenvalue weighted by atomic mass is 32.1. The second kappa shape index (κ2) is 4.55. The number of thiazole rings is 1. The van der Waals surface area contributed by atoms with Gasteiger partial charge in [0, 0.05) is 11.8 Å². The van der Waals surface area contributed by atoms with Crippen LogP contribution in [0.2, 0.25) is 0 Å². The van der Waals surface area contributed by atoms with E-state index < -0.39 is 0 Å². The molecule has 2 heterocycles. The second-order valence-corrected chi connectivity index (χ2v) is 4.49. The van der Waals surface area contributed by atoms with Crippen molar-refractivity contribution in [2.24, 2.45) is 0 Å². The molecule has 1 aromatic rings. The van der Waals surface area contributed by atoms with Crippen molar-refractivity contribution in [3.05, 3.63) is 11.1 Å². The average Bonchev–Trinajstić information content (AvgIpc) is 2.43. The van der Waals surface area contributed by atoms with Gasteiger partial charge >= 0.3 is 0 Å².